The fraction of sp³-hybridized carbons (Fsp3) is 0.500. The molecule has 19 heavy (non-hydrogen) atoms. The lowest BCUT2D eigenvalue weighted by Crippen LogP contribution is -2.38. The Morgan fingerprint density at radius 1 is 1.37 bits per heavy atom. The number of carbonyl (C=O) groups is 1. The Labute approximate surface area is 123 Å². The Balaban J connectivity index is 2.59. The average Bonchev–Trinajstić information content (AvgIpc) is 2.27. The van der Waals surface area contributed by atoms with Crippen LogP contribution in [0.15, 0.2) is 28.7 Å². The smallest absolute Gasteiger partial charge is 0.410 e. The summed E-state index contributed by atoms with van der Waals surface area (Å²) in [5.41, 5.74) is 6.57. The molecule has 2 N–H and O–H groups in total. The Morgan fingerprint density at radius 3 is 2.37 bits per heavy atom. The van der Waals surface area contributed by atoms with Crippen LogP contribution in [0.2, 0.25) is 0 Å². The zero-order valence-electron chi connectivity index (χ0n) is 11.8. The lowest BCUT2D eigenvalue weighted by atomic mass is 10.1. The predicted molar refractivity (Wildman–Crippen MR) is 79.9 cm³/mol. The first kappa shape index (κ1) is 16.0. The molecule has 0 saturated heterocycles. The van der Waals surface area contributed by atoms with Crippen LogP contribution >= 0.6 is 15.9 Å². The van der Waals surface area contributed by atoms with E-state index >= 15 is 0 Å². The van der Waals surface area contributed by atoms with E-state index in [1.165, 1.54) is 4.90 Å². The number of nitrogens with two attached hydrogens (primary N) is 1. The molecule has 0 spiro atoms. The molecule has 5 heteroatoms. The summed E-state index contributed by atoms with van der Waals surface area (Å²) in [7, 11) is 1.69. The quantitative estimate of drug-likeness (QED) is 0.925. The molecular formula is C14H21BrN2O2. The predicted octanol–water partition coefficient (Wildman–Crippen LogP) is 3.32. The number of benzene rings is 1. The standard InChI is InChI=1S/C14H21BrN2O2/c1-14(2,3)19-13(18)17(4)9-12(16)10-5-7-11(15)8-6-10/h5-8,12H,9,16H2,1-4H3. The molecule has 4 nitrogen and oxygen atoms in total. The van der Waals surface area contributed by atoms with Crippen LogP contribution in [0.25, 0.3) is 0 Å². The van der Waals surface area contributed by atoms with Gasteiger partial charge < -0.3 is 15.4 Å². The van der Waals surface area contributed by atoms with Crippen LogP contribution in [-0.2, 0) is 4.74 Å². The molecule has 0 heterocycles. The molecular weight excluding hydrogens is 308 g/mol. The number of carbonyl (C=O) groups excluding carboxylic acids is 1. The second-order valence-electron chi connectivity index (χ2n) is 5.52. The first-order valence-electron chi connectivity index (χ1n) is 6.14. The van der Waals surface area contributed by atoms with Gasteiger partial charge in [0.2, 0.25) is 0 Å². The summed E-state index contributed by atoms with van der Waals surface area (Å²) >= 11 is 3.38. The van der Waals surface area contributed by atoms with Gasteiger partial charge in [-0.3, -0.25) is 0 Å². The lowest BCUT2D eigenvalue weighted by molar-refractivity contribution is 0.0289. The molecule has 106 valence electrons. The SMILES string of the molecule is CN(CC(N)c1ccc(Br)cc1)C(=O)OC(C)(C)C. The Kier molecular flexibility index (Phi) is 5.38. The van der Waals surface area contributed by atoms with Gasteiger partial charge in [-0.15, -0.1) is 0 Å². The Morgan fingerprint density at radius 2 is 1.89 bits per heavy atom. The van der Waals surface area contributed by atoms with Crippen molar-refractivity contribution in [2.24, 2.45) is 5.73 Å². The molecule has 1 aromatic carbocycles. The van der Waals surface area contributed by atoms with E-state index in [1.807, 2.05) is 45.0 Å². The highest BCUT2D eigenvalue weighted by Gasteiger charge is 2.21. The van der Waals surface area contributed by atoms with E-state index in [0.29, 0.717) is 6.54 Å². The first-order valence-corrected chi connectivity index (χ1v) is 6.93. The van der Waals surface area contributed by atoms with Gasteiger partial charge in [-0.25, -0.2) is 4.79 Å². The van der Waals surface area contributed by atoms with Crippen LogP contribution in [0, 0.1) is 0 Å². The van der Waals surface area contributed by atoms with Crippen LogP contribution in [0.4, 0.5) is 4.79 Å². The molecule has 0 radical (unpaired) electrons. The fourth-order valence-electron chi connectivity index (χ4n) is 1.52. The molecule has 0 bridgehead atoms. The van der Waals surface area contributed by atoms with Crippen molar-refractivity contribution >= 4 is 22.0 Å². The maximum atomic E-state index is 11.8. The number of nitrogens with zero attached hydrogens (tertiary/aromatic N) is 1. The first-order chi connectivity index (χ1) is 8.69. The van der Waals surface area contributed by atoms with Gasteiger partial charge in [0.05, 0.1) is 0 Å². The molecule has 0 aromatic heterocycles. The summed E-state index contributed by atoms with van der Waals surface area (Å²) in [5, 5.41) is 0. The van der Waals surface area contributed by atoms with Crippen molar-refractivity contribution in [2.45, 2.75) is 32.4 Å². The number of halogens is 1. The van der Waals surface area contributed by atoms with Crippen LogP contribution in [0.1, 0.15) is 32.4 Å². The van der Waals surface area contributed by atoms with Crippen molar-refractivity contribution in [2.75, 3.05) is 13.6 Å². The van der Waals surface area contributed by atoms with Crippen molar-refractivity contribution in [3.63, 3.8) is 0 Å². The van der Waals surface area contributed by atoms with Crippen LogP contribution in [0.5, 0.6) is 0 Å². The van der Waals surface area contributed by atoms with Crippen LogP contribution in [0.3, 0.4) is 0 Å². The van der Waals surface area contributed by atoms with Gasteiger partial charge in [0, 0.05) is 24.1 Å². The van der Waals surface area contributed by atoms with E-state index in [2.05, 4.69) is 15.9 Å². The summed E-state index contributed by atoms with van der Waals surface area (Å²) in [6.45, 7) is 5.94. The van der Waals surface area contributed by atoms with Gasteiger partial charge in [0.15, 0.2) is 0 Å². The monoisotopic (exact) mass is 328 g/mol. The minimum absolute atomic E-state index is 0.231. The molecule has 0 aliphatic heterocycles. The number of hydrogen-bond acceptors (Lipinski definition) is 3. The molecule has 1 aromatic rings. The van der Waals surface area contributed by atoms with Gasteiger partial charge in [-0.2, -0.15) is 0 Å². The summed E-state index contributed by atoms with van der Waals surface area (Å²) in [6.07, 6.45) is -0.361. The van der Waals surface area contributed by atoms with Crippen LogP contribution < -0.4 is 5.73 Å². The number of likely N-dealkylation sites (N-methyl/N-ethyl adjacent to an activating group) is 1. The zero-order valence-corrected chi connectivity index (χ0v) is 13.4. The third kappa shape index (κ3) is 5.61. The van der Waals surface area contributed by atoms with Crippen molar-refractivity contribution in [3.8, 4) is 0 Å². The van der Waals surface area contributed by atoms with Crippen LogP contribution in [-0.4, -0.2) is 30.2 Å². The molecule has 0 saturated carbocycles. The number of hydrogen-bond donors (Lipinski definition) is 1. The average molecular weight is 329 g/mol. The van der Waals surface area contributed by atoms with Crippen molar-refractivity contribution in [1.29, 1.82) is 0 Å². The maximum absolute atomic E-state index is 11.8. The highest BCUT2D eigenvalue weighted by Crippen LogP contribution is 2.17. The second kappa shape index (κ2) is 6.39. The van der Waals surface area contributed by atoms with Crippen molar-refractivity contribution in [3.05, 3.63) is 34.3 Å². The minimum atomic E-state index is -0.493. The van der Waals surface area contributed by atoms with Crippen molar-refractivity contribution < 1.29 is 9.53 Å². The largest absolute Gasteiger partial charge is 0.444 e. The van der Waals surface area contributed by atoms with E-state index in [4.69, 9.17) is 10.5 Å². The molecule has 1 rings (SSSR count). The van der Waals surface area contributed by atoms with Gasteiger partial charge in [-0.05, 0) is 38.5 Å². The lowest BCUT2D eigenvalue weighted by Gasteiger charge is -2.26. The topological polar surface area (TPSA) is 55.6 Å². The van der Waals surface area contributed by atoms with Gasteiger partial charge in [0.1, 0.15) is 5.60 Å². The highest BCUT2D eigenvalue weighted by atomic mass is 79.9. The number of amides is 1. The van der Waals surface area contributed by atoms with Gasteiger partial charge in [0.25, 0.3) is 0 Å². The summed E-state index contributed by atoms with van der Waals surface area (Å²) in [5.74, 6) is 0. The summed E-state index contributed by atoms with van der Waals surface area (Å²) in [4.78, 5) is 13.3. The molecule has 0 aliphatic rings. The molecule has 0 aliphatic carbocycles. The van der Waals surface area contributed by atoms with Crippen molar-refractivity contribution in [1.82, 2.24) is 4.90 Å². The normalized spacial score (nSPS) is 12.9. The third-order valence-electron chi connectivity index (χ3n) is 2.47. The zero-order chi connectivity index (χ0) is 14.6. The Hall–Kier alpha value is -1.07. The fourth-order valence-corrected chi connectivity index (χ4v) is 1.79. The second-order valence-corrected chi connectivity index (χ2v) is 6.43. The minimum Gasteiger partial charge on any atom is -0.444 e. The number of rotatable bonds is 3. The van der Waals surface area contributed by atoms with E-state index < -0.39 is 5.60 Å². The number of ether oxygens (including phenoxy) is 1. The van der Waals surface area contributed by atoms with E-state index in [0.717, 1.165) is 10.0 Å². The Bertz CT molecular complexity index is 426. The summed E-state index contributed by atoms with van der Waals surface area (Å²) < 4.78 is 6.28. The molecule has 1 atom stereocenters. The third-order valence-corrected chi connectivity index (χ3v) is 3.00. The van der Waals surface area contributed by atoms with E-state index in [9.17, 15) is 4.79 Å². The molecule has 1 unspecified atom stereocenters. The summed E-state index contributed by atoms with van der Waals surface area (Å²) in [6, 6.07) is 7.52. The van der Waals surface area contributed by atoms with E-state index in [-0.39, 0.29) is 12.1 Å². The maximum Gasteiger partial charge on any atom is 0.410 e. The van der Waals surface area contributed by atoms with Gasteiger partial charge >= 0.3 is 6.09 Å². The molecule has 0 fully saturated rings. The van der Waals surface area contributed by atoms with E-state index in [1.54, 1.807) is 7.05 Å². The molecule has 1 amide bonds. The van der Waals surface area contributed by atoms with Gasteiger partial charge in [-0.1, -0.05) is 28.1 Å². The highest BCUT2D eigenvalue weighted by molar-refractivity contribution is 9.10.